The Morgan fingerprint density at radius 1 is 1.14 bits per heavy atom. The van der Waals surface area contributed by atoms with Crippen molar-refractivity contribution in [2.45, 2.75) is 13.8 Å². The van der Waals surface area contributed by atoms with Gasteiger partial charge in [-0.1, -0.05) is 29.3 Å². The average Bonchev–Trinajstić information content (AvgIpc) is 2.53. The molecule has 1 N–H and O–H groups in total. The van der Waals surface area contributed by atoms with E-state index < -0.39 is 0 Å². The zero-order valence-corrected chi connectivity index (χ0v) is 13.9. The zero-order chi connectivity index (χ0) is 16.1. The first-order chi connectivity index (χ1) is 10.6. The molecule has 6 heteroatoms. The maximum Gasteiger partial charge on any atom is 0.274 e. The van der Waals surface area contributed by atoms with Crippen LogP contribution < -0.4 is 10.2 Å². The van der Waals surface area contributed by atoms with Gasteiger partial charge >= 0.3 is 0 Å². The van der Waals surface area contributed by atoms with Crippen LogP contribution in [0.1, 0.15) is 24.3 Å². The van der Waals surface area contributed by atoms with Crippen LogP contribution in [0.2, 0.25) is 10.0 Å². The standard InChI is InChI=1S/C16H17Cl2N3O/c1-3-21(4-2)11-8-9-14(19-10-11)16(22)20-15-12(17)6-5-7-13(15)18/h5-10H,3-4H2,1-2H3,(H,20,22). The molecule has 1 aromatic carbocycles. The highest BCUT2D eigenvalue weighted by Gasteiger charge is 2.13. The summed E-state index contributed by atoms with van der Waals surface area (Å²) in [6, 6.07) is 8.62. The molecule has 0 atom stereocenters. The van der Waals surface area contributed by atoms with E-state index in [0.29, 0.717) is 21.4 Å². The lowest BCUT2D eigenvalue weighted by Gasteiger charge is -2.20. The number of nitrogens with zero attached hydrogens (tertiary/aromatic N) is 2. The molecule has 4 nitrogen and oxygen atoms in total. The third-order valence-corrected chi connectivity index (χ3v) is 3.94. The minimum Gasteiger partial charge on any atom is -0.371 e. The summed E-state index contributed by atoms with van der Waals surface area (Å²) in [6.45, 7) is 5.92. The summed E-state index contributed by atoms with van der Waals surface area (Å²) >= 11 is 12.1. The number of para-hydroxylation sites is 1. The molecule has 1 aromatic heterocycles. The van der Waals surface area contributed by atoms with Crippen LogP contribution in [0.25, 0.3) is 0 Å². The maximum atomic E-state index is 12.2. The number of carbonyl (C=O) groups excluding carboxylic acids is 1. The number of halogens is 2. The largest absolute Gasteiger partial charge is 0.371 e. The van der Waals surface area contributed by atoms with Gasteiger partial charge in [0.05, 0.1) is 27.6 Å². The van der Waals surface area contributed by atoms with Crippen molar-refractivity contribution < 1.29 is 4.79 Å². The highest BCUT2D eigenvalue weighted by Crippen LogP contribution is 2.30. The van der Waals surface area contributed by atoms with Crippen molar-refractivity contribution in [2.75, 3.05) is 23.3 Å². The number of nitrogens with one attached hydrogen (secondary N) is 1. The number of carbonyl (C=O) groups is 1. The molecule has 0 saturated heterocycles. The van der Waals surface area contributed by atoms with Crippen LogP contribution in [0.4, 0.5) is 11.4 Å². The molecule has 2 aromatic rings. The number of hydrogen-bond donors (Lipinski definition) is 1. The summed E-state index contributed by atoms with van der Waals surface area (Å²) in [4.78, 5) is 18.6. The third-order valence-electron chi connectivity index (χ3n) is 3.31. The van der Waals surface area contributed by atoms with Gasteiger partial charge in [-0.3, -0.25) is 4.79 Å². The van der Waals surface area contributed by atoms with Crippen LogP contribution >= 0.6 is 23.2 Å². The van der Waals surface area contributed by atoms with E-state index in [-0.39, 0.29) is 5.91 Å². The molecule has 0 aliphatic heterocycles. The van der Waals surface area contributed by atoms with Crippen molar-refractivity contribution in [2.24, 2.45) is 0 Å². The Morgan fingerprint density at radius 3 is 2.27 bits per heavy atom. The molecule has 0 bridgehead atoms. The predicted molar refractivity (Wildman–Crippen MR) is 92.2 cm³/mol. The first-order valence-electron chi connectivity index (χ1n) is 7.03. The number of aromatic nitrogens is 1. The second-order valence-electron chi connectivity index (χ2n) is 4.62. The topological polar surface area (TPSA) is 45.2 Å². The Bertz CT molecular complexity index is 635. The van der Waals surface area contributed by atoms with E-state index in [9.17, 15) is 4.79 Å². The average molecular weight is 338 g/mol. The van der Waals surface area contributed by atoms with Crippen LogP contribution in [0.5, 0.6) is 0 Å². The summed E-state index contributed by atoms with van der Waals surface area (Å²) in [6.07, 6.45) is 1.69. The van der Waals surface area contributed by atoms with E-state index in [1.54, 1.807) is 30.5 Å². The SMILES string of the molecule is CCN(CC)c1ccc(C(=O)Nc2c(Cl)cccc2Cl)nc1. The smallest absolute Gasteiger partial charge is 0.274 e. The maximum absolute atomic E-state index is 12.2. The first-order valence-corrected chi connectivity index (χ1v) is 7.78. The Balaban J connectivity index is 2.17. The molecule has 22 heavy (non-hydrogen) atoms. The van der Waals surface area contributed by atoms with E-state index in [2.05, 4.69) is 29.0 Å². The van der Waals surface area contributed by atoms with Gasteiger partial charge in [0.1, 0.15) is 5.69 Å². The first kappa shape index (κ1) is 16.6. The van der Waals surface area contributed by atoms with Crippen molar-refractivity contribution in [1.29, 1.82) is 0 Å². The molecule has 0 spiro atoms. The summed E-state index contributed by atoms with van der Waals surface area (Å²) in [7, 11) is 0. The molecule has 0 aliphatic carbocycles. The van der Waals surface area contributed by atoms with Crippen molar-refractivity contribution in [1.82, 2.24) is 4.98 Å². The number of rotatable bonds is 5. The van der Waals surface area contributed by atoms with Gasteiger partial charge in [0.15, 0.2) is 0 Å². The fourth-order valence-corrected chi connectivity index (χ4v) is 2.58. The zero-order valence-electron chi connectivity index (χ0n) is 12.4. The fourth-order valence-electron chi connectivity index (χ4n) is 2.09. The van der Waals surface area contributed by atoms with Gasteiger partial charge in [-0.25, -0.2) is 4.98 Å². The molecular formula is C16H17Cl2N3O. The van der Waals surface area contributed by atoms with Crippen LogP contribution in [-0.2, 0) is 0 Å². The predicted octanol–water partition coefficient (Wildman–Crippen LogP) is 4.49. The molecule has 116 valence electrons. The number of pyridine rings is 1. The van der Waals surface area contributed by atoms with Gasteiger partial charge in [-0.05, 0) is 38.1 Å². The molecule has 0 radical (unpaired) electrons. The number of benzene rings is 1. The van der Waals surface area contributed by atoms with E-state index in [4.69, 9.17) is 23.2 Å². The Kier molecular flexibility index (Phi) is 5.63. The number of anilines is 2. The summed E-state index contributed by atoms with van der Waals surface area (Å²) in [5.41, 5.74) is 1.69. The minimum atomic E-state index is -0.346. The number of hydrogen-bond acceptors (Lipinski definition) is 3. The summed E-state index contributed by atoms with van der Waals surface area (Å²) in [5, 5.41) is 3.47. The quantitative estimate of drug-likeness (QED) is 0.874. The Labute approximate surface area is 140 Å². The second kappa shape index (κ2) is 7.47. The highest BCUT2D eigenvalue weighted by atomic mass is 35.5. The van der Waals surface area contributed by atoms with Gasteiger partial charge in [0.25, 0.3) is 5.91 Å². The lowest BCUT2D eigenvalue weighted by molar-refractivity contribution is 0.102. The molecule has 1 heterocycles. The van der Waals surface area contributed by atoms with E-state index >= 15 is 0 Å². The molecular weight excluding hydrogens is 321 g/mol. The van der Waals surface area contributed by atoms with E-state index in [1.807, 2.05) is 6.07 Å². The normalized spacial score (nSPS) is 10.4. The van der Waals surface area contributed by atoms with Gasteiger partial charge < -0.3 is 10.2 Å². The fraction of sp³-hybridized carbons (Fsp3) is 0.250. The molecule has 1 amide bonds. The monoisotopic (exact) mass is 337 g/mol. The van der Waals surface area contributed by atoms with Crippen LogP contribution in [0, 0.1) is 0 Å². The third kappa shape index (κ3) is 3.70. The molecule has 2 rings (SSSR count). The van der Waals surface area contributed by atoms with Gasteiger partial charge in [-0.15, -0.1) is 0 Å². The Morgan fingerprint density at radius 2 is 1.77 bits per heavy atom. The second-order valence-corrected chi connectivity index (χ2v) is 5.44. The molecule has 0 saturated carbocycles. The van der Waals surface area contributed by atoms with Gasteiger partial charge in [0.2, 0.25) is 0 Å². The van der Waals surface area contributed by atoms with Gasteiger partial charge in [-0.2, -0.15) is 0 Å². The van der Waals surface area contributed by atoms with Crippen LogP contribution in [0.15, 0.2) is 36.5 Å². The summed E-state index contributed by atoms with van der Waals surface area (Å²) < 4.78 is 0. The van der Waals surface area contributed by atoms with E-state index in [0.717, 1.165) is 18.8 Å². The van der Waals surface area contributed by atoms with Crippen molar-refractivity contribution in [3.05, 3.63) is 52.3 Å². The van der Waals surface area contributed by atoms with Crippen LogP contribution in [-0.4, -0.2) is 24.0 Å². The van der Waals surface area contributed by atoms with Crippen molar-refractivity contribution in [3.8, 4) is 0 Å². The lowest BCUT2D eigenvalue weighted by Crippen LogP contribution is -2.22. The molecule has 0 aliphatic rings. The molecule has 0 unspecified atom stereocenters. The minimum absolute atomic E-state index is 0.312. The highest BCUT2D eigenvalue weighted by molar-refractivity contribution is 6.39. The number of amides is 1. The van der Waals surface area contributed by atoms with E-state index in [1.165, 1.54) is 0 Å². The lowest BCUT2D eigenvalue weighted by atomic mass is 10.2. The van der Waals surface area contributed by atoms with Gasteiger partial charge in [0, 0.05) is 13.1 Å². The Hall–Kier alpha value is -1.78. The van der Waals surface area contributed by atoms with Crippen molar-refractivity contribution >= 4 is 40.5 Å². The van der Waals surface area contributed by atoms with Crippen molar-refractivity contribution in [3.63, 3.8) is 0 Å². The van der Waals surface area contributed by atoms with Crippen LogP contribution in [0.3, 0.4) is 0 Å². The molecule has 0 fully saturated rings. The summed E-state index contributed by atoms with van der Waals surface area (Å²) in [5.74, 6) is -0.346.